The minimum absolute atomic E-state index is 0.0211. The number of amides is 2. The number of carbonyl (C=O) groups excluding carboxylic acids is 2. The monoisotopic (exact) mass is 476 g/mol. The van der Waals surface area contributed by atoms with Crippen molar-refractivity contribution >= 4 is 39.1 Å². The van der Waals surface area contributed by atoms with E-state index in [2.05, 4.69) is 26.6 Å². The van der Waals surface area contributed by atoms with Crippen molar-refractivity contribution in [3.63, 3.8) is 0 Å². The van der Waals surface area contributed by atoms with E-state index in [-0.39, 0.29) is 18.2 Å². The van der Waals surface area contributed by atoms with Crippen LogP contribution in [0.15, 0.2) is 40.9 Å². The van der Waals surface area contributed by atoms with Crippen LogP contribution in [0.5, 0.6) is 11.5 Å². The quantitative estimate of drug-likeness (QED) is 0.480. The number of hydrogen-bond donors (Lipinski definition) is 2. The Hall–Kier alpha value is -2.54. The molecule has 2 amide bonds. The highest BCUT2D eigenvalue weighted by atomic mass is 79.9. The molecule has 162 valence electrons. The SMILES string of the molecule is CCOc1cc(Br)c(CC(=O)Nc2ccc(NC(=O)CC(C)C)cc2)cc1OCC. The first-order valence-electron chi connectivity index (χ1n) is 10.1. The van der Waals surface area contributed by atoms with Crippen molar-refractivity contribution in [2.45, 2.75) is 40.5 Å². The van der Waals surface area contributed by atoms with E-state index in [0.29, 0.717) is 48.4 Å². The Morgan fingerprint density at radius 2 is 1.40 bits per heavy atom. The second-order valence-corrected chi connectivity index (χ2v) is 8.06. The van der Waals surface area contributed by atoms with Crippen molar-refractivity contribution < 1.29 is 19.1 Å². The van der Waals surface area contributed by atoms with Crippen LogP contribution in [-0.2, 0) is 16.0 Å². The van der Waals surface area contributed by atoms with Crippen molar-refractivity contribution in [1.82, 2.24) is 0 Å². The van der Waals surface area contributed by atoms with Crippen LogP contribution in [0.1, 0.15) is 39.7 Å². The molecule has 0 aromatic heterocycles. The standard InChI is InChI=1S/C23H29BrN2O4/c1-5-29-20-12-16(19(24)14-21(20)30-6-2)13-23(28)26-18-9-7-17(8-10-18)25-22(27)11-15(3)4/h7-10,12,14-15H,5-6,11,13H2,1-4H3,(H,25,27)(H,26,28). The summed E-state index contributed by atoms with van der Waals surface area (Å²) in [6.07, 6.45) is 0.652. The highest BCUT2D eigenvalue weighted by Crippen LogP contribution is 2.34. The van der Waals surface area contributed by atoms with Gasteiger partial charge in [-0.3, -0.25) is 9.59 Å². The van der Waals surface area contributed by atoms with Crippen LogP contribution >= 0.6 is 15.9 Å². The van der Waals surface area contributed by atoms with Gasteiger partial charge in [-0.15, -0.1) is 0 Å². The number of benzene rings is 2. The fourth-order valence-corrected chi connectivity index (χ4v) is 3.31. The highest BCUT2D eigenvalue weighted by Gasteiger charge is 2.14. The molecule has 0 saturated carbocycles. The van der Waals surface area contributed by atoms with E-state index < -0.39 is 0 Å². The van der Waals surface area contributed by atoms with Gasteiger partial charge in [0.05, 0.1) is 19.6 Å². The predicted octanol–water partition coefficient (Wildman–Crippen LogP) is 5.41. The van der Waals surface area contributed by atoms with E-state index in [1.807, 2.05) is 39.8 Å². The lowest BCUT2D eigenvalue weighted by Crippen LogP contribution is -2.15. The van der Waals surface area contributed by atoms with Crippen LogP contribution in [0.2, 0.25) is 0 Å². The maximum atomic E-state index is 12.5. The number of ether oxygens (including phenoxy) is 2. The summed E-state index contributed by atoms with van der Waals surface area (Å²) in [5, 5.41) is 5.73. The van der Waals surface area contributed by atoms with E-state index in [9.17, 15) is 9.59 Å². The Balaban J connectivity index is 2.01. The van der Waals surface area contributed by atoms with Crippen molar-refractivity contribution in [1.29, 1.82) is 0 Å². The second kappa shape index (κ2) is 11.6. The fourth-order valence-electron chi connectivity index (χ4n) is 2.85. The van der Waals surface area contributed by atoms with Gasteiger partial charge < -0.3 is 20.1 Å². The van der Waals surface area contributed by atoms with Gasteiger partial charge in [0.25, 0.3) is 0 Å². The Morgan fingerprint density at radius 1 is 0.900 bits per heavy atom. The summed E-state index contributed by atoms with van der Waals surface area (Å²) >= 11 is 3.51. The van der Waals surface area contributed by atoms with Crippen LogP contribution in [0.3, 0.4) is 0 Å². The van der Waals surface area contributed by atoms with Crippen LogP contribution in [0, 0.1) is 5.92 Å². The molecule has 2 aromatic carbocycles. The Kier molecular flexibility index (Phi) is 9.17. The average Bonchev–Trinajstić information content (AvgIpc) is 2.66. The molecule has 0 fully saturated rings. The minimum Gasteiger partial charge on any atom is -0.490 e. The molecule has 0 atom stereocenters. The zero-order chi connectivity index (χ0) is 22.1. The molecular formula is C23H29BrN2O4. The molecule has 7 heteroatoms. The molecular weight excluding hydrogens is 448 g/mol. The molecule has 0 aliphatic carbocycles. The van der Waals surface area contributed by atoms with Crippen LogP contribution in [0.4, 0.5) is 11.4 Å². The third-order valence-corrected chi connectivity index (χ3v) is 4.85. The smallest absolute Gasteiger partial charge is 0.228 e. The third kappa shape index (κ3) is 7.37. The molecule has 2 aromatic rings. The van der Waals surface area contributed by atoms with Crippen LogP contribution in [-0.4, -0.2) is 25.0 Å². The molecule has 0 aliphatic heterocycles. The Morgan fingerprint density at radius 3 is 1.90 bits per heavy atom. The average molecular weight is 477 g/mol. The van der Waals surface area contributed by atoms with Gasteiger partial charge >= 0.3 is 0 Å². The molecule has 2 rings (SSSR count). The first kappa shape index (κ1) is 23.7. The van der Waals surface area contributed by atoms with Crippen LogP contribution in [0.25, 0.3) is 0 Å². The zero-order valence-electron chi connectivity index (χ0n) is 17.9. The van der Waals surface area contributed by atoms with Gasteiger partial charge in [0.1, 0.15) is 0 Å². The number of carbonyl (C=O) groups is 2. The van der Waals surface area contributed by atoms with Gasteiger partial charge in [-0.2, -0.15) is 0 Å². The van der Waals surface area contributed by atoms with E-state index >= 15 is 0 Å². The van der Waals surface area contributed by atoms with Gasteiger partial charge in [0, 0.05) is 22.3 Å². The molecule has 30 heavy (non-hydrogen) atoms. The summed E-state index contributed by atoms with van der Waals surface area (Å²) in [5.41, 5.74) is 2.17. The van der Waals surface area contributed by atoms with Gasteiger partial charge in [0.15, 0.2) is 11.5 Å². The lowest BCUT2D eigenvalue weighted by Gasteiger charge is -2.14. The molecule has 0 aliphatic rings. The highest BCUT2D eigenvalue weighted by molar-refractivity contribution is 9.10. The first-order valence-corrected chi connectivity index (χ1v) is 10.9. The van der Waals surface area contributed by atoms with E-state index in [1.165, 1.54) is 0 Å². The van der Waals surface area contributed by atoms with Crippen molar-refractivity contribution in [3.05, 3.63) is 46.4 Å². The molecule has 0 spiro atoms. The third-order valence-electron chi connectivity index (χ3n) is 4.11. The van der Waals surface area contributed by atoms with Gasteiger partial charge in [-0.05, 0) is 61.7 Å². The molecule has 6 nitrogen and oxygen atoms in total. The lowest BCUT2D eigenvalue weighted by atomic mass is 10.1. The Bertz CT molecular complexity index is 866. The van der Waals surface area contributed by atoms with E-state index in [0.717, 1.165) is 10.0 Å². The summed E-state index contributed by atoms with van der Waals surface area (Å²) in [4.78, 5) is 24.4. The number of hydrogen-bond acceptors (Lipinski definition) is 4. The van der Waals surface area contributed by atoms with Crippen molar-refractivity contribution in [2.24, 2.45) is 5.92 Å². The second-order valence-electron chi connectivity index (χ2n) is 7.20. The normalized spacial score (nSPS) is 10.6. The largest absolute Gasteiger partial charge is 0.490 e. The maximum absolute atomic E-state index is 12.5. The minimum atomic E-state index is -0.154. The Labute approximate surface area is 186 Å². The molecule has 2 N–H and O–H groups in total. The molecule has 0 heterocycles. The van der Waals surface area contributed by atoms with Crippen LogP contribution < -0.4 is 20.1 Å². The molecule has 0 radical (unpaired) electrons. The summed E-state index contributed by atoms with van der Waals surface area (Å²) in [6.45, 7) is 8.84. The van der Waals surface area contributed by atoms with Crippen molar-refractivity contribution in [3.8, 4) is 11.5 Å². The zero-order valence-corrected chi connectivity index (χ0v) is 19.5. The summed E-state index contributed by atoms with van der Waals surface area (Å²) in [6, 6.07) is 10.7. The topological polar surface area (TPSA) is 76.7 Å². The first-order chi connectivity index (χ1) is 14.3. The summed E-state index contributed by atoms with van der Waals surface area (Å²) < 4.78 is 12.0. The van der Waals surface area contributed by atoms with E-state index in [4.69, 9.17) is 9.47 Å². The summed E-state index contributed by atoms with van der Waals surface area (Å²) in [5.74, 6) is 1.39. The number of halogens is 1. The van der Waals surface area contributed by atoms with Gasteiger partial charge in [-0.1, -0.05) is 29.8 Å². The van der Waals surface area contributed by atoms with Gasteiger partial charge in [-0.25, -0.2) is 0 Å². The lowest BCUT2D eigenvalue weighted by molar-refractivity contribution is -0.117. The fraction of sp³-hybridized carbons (Fsp3) is 0.391. The number of rotatable bonds is 10. The number of nitrogens with one attached hydrogen (secondary N) is 2. The maximum Gasteiger partial charge on any atom is 0.228 e. The van der Waals surface area contributed by atoms with E-state index in [1.54, 1.807) is 24.3 Å². The summed E-state index contributed by atoms with van der Waals surface area (Å²) in [7, 11) is 0. The molecule has 0 unspecified atom stereocenters. The molecule has 0 saturated heterocycles. The number of anilines is 2. The van der Waals surface area contributed by atoms with Gasteiger partial charge in [0.2, 0.25) is 11.8 Å². The van der Waals surface area contributed by atoms with Crippen molar-refractivity contribution in [2.75, 3.05) is 23.8 Å². The predicted molar refractivity (Wildman–Crippen MR) is 123 cm³/mol. The molecule has 0 bridgehead atoms.